The van der Waals surface area contributed by atoms with Crippen LogP contribution < -0.4 is 0 Å². The van der Waals surface area contributed by atoms with Crippen LogP contribution >= 0.6 is 0 Å². The first kappa shape index (κ1) is 41.0. The Morgan fingerprint density at radius 1 is 1.06 bits per heavy atom. The molecule has 2 saturated heterocycles. The van der Waals surface area contributed by atoms with Crippen molar-refractivity contribution in [2.24, 2.45) is 16.7 Å². The Kier molecular flexibility index (Phi) is 12.9. The molecule has 0 bridgehead atoms. The molecule has 1 aromatic carbocycles. The van der Waals surface area contributed by atoms with Crippen LogP contribution in [0.4, 0.5) is 0 Å². The smallest absolute Gasteiger partial charge is 0.338 e. The average Bonchev–Trinajstić information content (AvgIpc) is 3.52. The van der Waals surface area contributed by atoms with E-state index in [0.717, 1.165) is 35.7 Å². The lowest BCUT2D eigenvalue weighted by Gasteiger charge is -2.64. The maximum Gasteiger partial charge on any atom is 0.338 e. The highest BCUT2D eigenvalue weighted by molar-refractivity contribution is 6.73. The minimum atomic E-state index is -2.06. The van der Waals surface area contributed by atoms with Gasteiger partial charge in [-0.2, -0.15) is 0 Å². The molecule has 8 unspecified atom stereocenters. The van der Waals surface area contributed by atoms with Gasteiger partial charge in [0.1, 0.15) is 18.3 Å². The molecule has 9 nitrogen and oxygen atoms in total. The van der Waals surface area contributed by atoms with Gasteiger partial charge < -0.3 is 32.5 Å². The molecule has 2 saturated carbocycles. The number of esters is 2. The molecule has 0 aromatic heterocycles. The highest BCUT2D eigenvalue weighted by Gasteiger charge is 2.72. The monoisotopic (exact) mass is 756 g/mol. The van der Waals surface area contributed by atoms with E-state index < -0.39 is 70.3 Å². The molecule has 9 atom stereocenters. The highest BCUT2D eigenvalue weighted by atomic mass is 28.4. The number of hydrogen-bond acceptors (Lipinski definition) is 9. The summed E-state index contributed by atoms with van der Waals surface area (Å²) in [5, 5.41) is 0. The molecular formula is C41H64O9Si2. The summed E-state index contributed by atoms with van der Waals surface area (Å²) in [5.41, 5.74) is 0.551. The molecule has 2 heterocycles. The van der Waals surface area contributed by atoms with Gasteiger partial charge in [-0.15, -0.1) is 0 Å². The zero-order chi connectivity index (χ0) is 38.1. The van der Waals surface area contributed by atoms with Crippen molar-refractivity contribution < 1.29 is 42.1 Å². The number of carbonyl (C=O) groups excluding carboxylic acids is 2. The van der Waals surface area contributed by atoms with Crippen molar-refractivity contribution in [2.75, 3.05) is 13.2 Å². The quantitative estimate of drug-likeness (QED) is 0.106. The van der Waals surface area contributed by atoms with Crippen LogP contribution in [0, 0.1) is 16.7 Å². The van der Waals surface area contributed by atoms with Crippen LogP contribution in [0.1, 0.15) is 91.4 Å². The van der Waals surface area contributed by atoms with Crippen molar-refractivity contribution in [3.63, 3.8) is 0 Å². The van der Waals surface area contributed by atoms with Crippen LogP contribution in [-0.4, -0.2) is 84.9 Å². The number of benzene rings is 1. The Morgan fingerprint density at radius 2 is 1.73 bits per heavy atom. The van der Waals surface area contributed by atoms with E-state index in [2.05, 4.69) is 68.1 Å². The van der Waals surface area contributed by atoms with Crippen LogP contribution in [0.3, 0.4) is 0 Å². The van der Waals surface area contributed by atoms with Crippen molar-refractivity contribution in [3.05, 3.63) is 59.7 Å². The fourth-order valence-electron chi connectivity index (χ4n) is 9.93. The average molecular weight is 757 g/mol. The van der Waals surface area contributed by atoms with Crippen molar-refractivity contribution in [3.8, 4) is 0 Å². The van der Waals surface area contributed by atoms with Crippen LogP contribution in [0.25, 0.3) is 0 Å². The molecule has 52 heavy (non-hydrogen) atoms. The zero-order valence-electron chi connectivity index (χ0n) is 33.3. The first-order valence-electron chi connectivity index (χ1n) is 19.6. The molecule has 2 aliphatic carbocycles. The fraction of sp³-hybridized carbons (Fsp3) is 0.707. The molecule has 1 aromatic rings. The zero-order valence-corrected chi connectivity index (χ0v) is 35.5. The Hall–Kier alpha value is -2.13. The maximum atomic E-state index is 14.0. The fourth-order valence-corrected chi connectivity index (χ4v) is 13.4. The SMILES string of the molecule is C=CC1OC2C(=C(C)C(CCO[SiH](C)C)O[Si](CC)(CC)CC)C(C)(C)CC(OC(=O)c3ccccc3)C3C4(OC(C)=O)COC4CC[C@@]3(C)C2O1. The molecule has 4 fully saturated rings. The first-order chi connectivity index (χ1) is 24.6. The van der Waals surface area contributed by atoms with E-state index in [1.165, 1.54) is 6.92 Å². The van der Waals surface area contributed by atoms with Crippen molar-refractivity contribution in [1.29, 1.82) is 0 Å². The standard InChI is InChI=1S/C41H64O9Si2/c1-12-33-47-35-34(27(5)30(22-24-45-51(10)11)50-52(13-2,14-3)15-4)39(7,8)25-31(46-38(43)29-19-17-16-18-20-29)36-40(9,37(35)48-33)23-21-32-41(36,26-44-32)49-28(6)42/h12,16-20,30-33,35-37,51H,1,13-15,21-26H2,2-11H3/t30?,31?,32?,33?,35?,36?,37?,40-,41?/m1/s1. The van der Waals surface area contributed by atoms with Gasteiger partial charge in [0.05, 0.1) is 24.4 Å². The Bertz CT molecular complexity index is 1450. The maximum absolute atomic E-state index is 14.0. The number of hydrogen-bond donors (Lipinski definition) is 0. The van der Waals surface area contributed by atoms with Crippen molar-refractivity contribution >= 4 is 29.3 Å². The lowest BCUT2D eigenvalue weighted by atomic mass is 9.49. The summed E-state index contributed by atoms with van der Waals surface area (Å²) in [6.07, 6.45) is 1.67. The Labute approximate surface area is 315 Å². The largest absolute Gasteiger partial charge is 0.458 e. The van der Waals surface area contributed by atoms with Gasteiger partial charge in [0, 0.05) is 24.9 Å². The van der Waals surface area contributed by atoms with Gasteiger partial charge in [-0.3, -0.25) is 4.79 Å². The summed E-state index contributed by atoms with van der Waals surface area (Å²) in [7, 11) is -3.31. The number of fused-ring (bicyclic) bond motifs is 5. The van der Waals surface area contributed by atoms with Crippen molar-refractivity contribution in [1.82, 2.24) is 0 Å². The third kappa shape index (κ3) is 7.83. The predicted molar refractivity (Wildman–Crippen MR) is 207 cm³/mol. The molecule has 2 aliphatic heterocycles. The van der Waals surface area contributed by atoms with Crippen LogP contribution in [0.2, 0.25) is 31.2 Å². The molecule has 5 rings (SSSR count). The second-order valence-corrected chi connectivity index (χ2v) is 23.8. The van der Waals surface area contributed by atoms with Gasteiger partial charge in [-0.1, -0.05) is 66.3 Å². The molecule has 290 valence electrons. The molecule has 0 amide bonds. The van der Waals surface area contributed by atoms with Gasteiger partial charge in [-0.25, -0.2) is 4.79 Å². The summed E-state index contributed by atoms with van der Waals surface area (Å²) < 4.78 is 46.6. The van der Waals surface area contributed by atoms with E-state index in [-0.39, 0.29) is 24.8 Å². The minimum Gasteiger partial charge on any atom is -0.458 e. The Balaban J connectivity index is 1.71. The van der Waals surface area contributed by atoms with Crippen LogP contribution in [0.15, 0.2) is 54.1 Å². The van der Waals surface area contributed by atoms with Crippen LogP contribution in [0.5, 0.6) is 0 Å². The van der Waals surface area contributed by atoms with Gasteiger partial charge in [0.25, 0.3) is 0 Å². The number of carbonyl (C=O) groups is 2. The number of ether oxygens (including phenoxy) is 5. The van der Waals surface area contributed by atoms with Gasteiger partial charge in [0.2, 0.25) is 0 Å². The topological polar surface area (TPSA) is 98.8 Å². The van der Waals surface area contributed by atoms with Gasteiger partial charge in [-0.05, 0) is 98.6 Å². The van der Waals surface area contributed by atoms with Crippen LogP contribution in [-0.2, 0) is 37.3 Å². The molecule has 4 aliphatic rings. The summed E-state index contributed by atoms with van der Waals surface area (Å²) in [5.74, 6) is -1.21. The lowest BCUT2D eigenvalue weighted by molar-refractivity contribution is -0.329. The van der Waals surface area contributed by atoms with E-state index >= 15 is 0 Å². The number of rotatable bonds is 14. The minimum absolute atomic E-state index is 0.169. The summed E-state index contributed by atoms with van der Waals surface area (Å²) in [6, 6.07) is 12.2. The molecule has 0 radical (unpaired) electrons. The van der Waals surface area contributed by atoms with Gasteiger partial charge in [0.15, 0.2) is 29.2 Å². The second kappa shape index (κ2) is 16.3. The Morgan fingerprint density at radius 3 is 2.29 bits per heavy atom. The lowest BCUT2D eigenvalue weighted by Crippen LogP contribution is -2.75. The molecule has 11 heteroatoms. The highest BCUT2D eigenvalue weighted by Crippen LogP contribution is 2.63. The second-order valence-electron chi connectivity index (χ2n) is 16.6. The van der Waals surface area contributed by atoms with E-state index in [1.54, 1.807) is 18.2 Å². The molecule has 0 spiro atoms. The molecule has 0 N–H and O–H groups in total. The van der Waals surface area contributed by atoms with Gasteiger partial charge >= 0.3 is 11.9 Å². The van der Waals surface area contributed by atoms with Crippen molar-refractivity contribution in [2.45, 2.75) is 155 Å². The van der Waals surface area contributed by atoms with E-state index in [1.807, 2.05) is 18.2 Å². The first-order valence-corrected chi connectivity index (χ1v) is 24.9. The normalized spacial score (nSPS) is 34.1. The summed E-state index contributed by atoms with van der Waals surface area (Å²) in [4.78, 5) is 26.9. The summed E-state index contributed by atoms with van der Waals surface area (Å²) in [6.45, 7) is 26.4. The van der Waals surface area contributed by atoms with E-state index in [9.17, 15) is 9.59 Å². The predicted octanol–water partition coefficient (Wildman–Crippen LogP) is 8.15. The summed E-state index contributed by atoms with van der Waals surface area (Å²) >= 11 is 0. The third-order valence-electron chi connectivity index (χ3n) is 12.7. The third-order valence-corrected chi connectivity index (χ3v) is 18.2. The molecular weight excluding hydrogens is 693 g/mol. The van der Waals surface area contributed by atoms with E-state index in [4.69, 9.17) is 32.5 Å². The van der Waals surface area contributed by atoms with E-state index in [0.29, 0.717) is 31.4 Å².